The minimum Gasteiger partial charge on any atom is -0.464 e. The van der Waals surface area contributed by atoms with Gasteiger partial charge in [-0.3, -0.25) is 4.79 Å². The number of piperazine rings is 1. The minimum atomic E-state index is -1.13. The number of carbonyl (C=O) groups excluding carboxylic acids is 1. The summed E-state index contributed by atoms with van der Waals surface area (Å²) in [6.45, 7) is 11.7. The molecule has 3 N–H and O–H groups in total. The number of likely N-dealkylation sites (N-methyl/N-ethyl adjacent to an activating group) is 1. The molecule has 3 aromatic carbocycles. The van der Waals surface area contributed by atoms with E-state index in [0.717, 1.165) is 48.6 Å². The molecule has 4 aromatic rings. The standard InChI is InChI=1S/C33H37N7O3/c1-21-16-23(3)30(24(4)17-21)40(33(42)43)28-9-6-22(2)29(18-28)31(41)36-26-19-34-32(35-20-26)37-25-7-10-27(11-8-25)39-14-12-38(5)13-15-39/h6-11,16-20H,12-15H2,1-5H3,(H,36,41)(H,42,43)(H,34,35,37). The lowest BCUT2D eigenvalue weighted by Gasteiger charge is -2.34. The summed E-state index contributed by atoms with van der Waals surface area (Å²) in [6, 6.07) is 17.1. The first-order valence-corrected chi connectivity index (χ1v) is 14.2. The van der Waals surface area contributed by atoms with Crippen LogP contribution in [0.3, 0.4) is 0 Å². The molecule has 2 amide bonds. The molecular formula is C33H37N7O3. The number of nitrogens with zero attached hydrogens (tertiary/aromatic N) is 5. The first-order valence-electron chi connectivity index (χ1n) is 14.2. The fourth-order valence-electron chi connectivity index (χ4n) is 5.46. The normalized spacial score (nSPS) is 13.5. The number of benzene rings is 3. The molecule has 1 aliphatic rings. The lowest BCUT2D eigenvalue weighted by atomic mass is 10.0. The van der Waals surface area contributed by atoms with Gasteiger partial charge < -0.3 is 25.5 Å². The van der Waals surface area contributed by atoms with Gasteiger partial charge in [0.05, 0.1) is 29.5 Å². The molecule has 2 heterocycles. The molecule has 0 aliphatic carbocycles. The van der Waals surface area contributed by atoms with Crippen LogP contribution >= 0.6 is 0 Å². The van der Waals surface area contributed by atoms with Crippen molar-refractivity contribution in [2.75, 3.05) is 53.7 Å². The number of carbonyl (C=O) groups is 2. The van der Waals surface area contributed by atoms with Crippen molar-refractivity contribution in [3.8, 4) is 0 Å². The van der Waals surface area contributed by atoms with E-state index in [2.05, 4.69) is 49.6 Å². The molecule has 43 heavy (non-hydrogen) atoms. The van der Waals surface area contributed by atoms with E-state index in [4.69, 9.17) is 0 Å². The third kappa shape index (κ3) is 6.76. The predicted octanol–water partition coefficient (Wildman–Crippen LogP) is 6.27. The van der Waals surface area contributed by atoms with E-state index in [-0.39, 0.29) is 5.91 Å². The molecule has 1 aromatic heterocycles. The highest BCUT2D eigenvalue weighted by Gasteiger charge is 2.23. The smallest absolute Gasteiger partial charge is 0.416 e. The second kappa shape index (κ2) is 12.5. The van der Waals surface area contributed by atoms with Gasteiger partial charge in [0.2, 0.25) is 5.95 Å². The Morgan fingerprint density at radius 3 is 2.05 bits per heavy atom. The summed E-state index contributed by atoms with van der Waals surface area (Å²) in [5.74, 6) is 0.0234. The summed E-state index contributed by atoms with van der Waals surface area (Å²) in [5.41, 5.74) is 7.23. The summed E-state index contributed by atoms with van der Waals surface area (Å²) in [6.07, 6.45) is 1.94. The van der Waals surface area contributed by atoms with Crippen molar-refractivity contribution in [3.05, 3.63) is 94.8 Å². The monoisotopic (exact) mass is 579 g/mol. The quantitative estimate of drug-likeness (QED) is 0.235. The highest BCUT2D eigenvalue weighted by molar-refractivity contribution is 6.07. The fraction of sp³-hybridized carbons (Fsp3) is 0.273. The molecule has 5 rings (SSSR count). The number of hydrogen-bond donors (Lipinski definition) is 3. The van der Waals surface area contributed by atoms with Gasteiger partial charge in [0.1, 0.15) is 0 Å². The van der Waals surface area contributed by atoms with Crippen molar-refractivity contribution in [1.29, 1.82) is 0 Å². The summed E-state index contributed by atoms with van der Waals surface area (Å²) in [4.78, 5) is 40.4. The van der Waals surface area contributed by atoms with Crippen LogP contribution in [0.4, 0.5) is 39.2 Å². The van der Waals surface area contributed by atoms with Crippen molar-refractivity contribution in [2.45, 2.75) is 27.7 Å². The van der Waals surface area contributed by atoms with Crippen molar-refractivity contribution in [2.24, 2.45) is 0 Å². The third-order valence-corrected chi connectivity index (χ3v) is 7.68. The van der Waals surface area contributed by atoms with Crippen molar-refractivity contribution >= 4 is 46.4 Å². The number of aryl methyl sites for hydroxylation is 4. The summed E-state index contributed by atoms with van der Waals surface area (Å²) in [5, 5.41) is 16.2. The number of amides is 2. The van der Waals surface area contributed by atoms with Gasteiger partial charge in [-0.2, -0.15) is 0 Å². The zero-order valence-corrected chi connectivity index (χ0v) is 25.2. The highest BCUT2D eigenvalue weighted by atomic mass is 16.4. The molecule has 1 fully saturated rings. The molecule has 0 atom stereocenters. The van der Waals surface area contributed by atoms with Crippen LogP contribution in [0.2, 0.25) is 0 Å². The second-order valence-corrected chi connectivity index (χ2v) is 11.1. The van der Waals surface area contributed by atoms with Crippen molar-refractivity contribution in [3.63, 3.8) is 0 Å². The molecule has 1 saturated heterocycles. The van der Waals surface area contributed by atoms with Crippen LogP contribution in [0.5, 0.6) is 0 Å². The van der Waals surface area contributed by atoms with Crippen LogP contribution in [0, 0.1) is 27.7 Å². The SMILES string of the molecule is Cc1cc(C)c(N(C(=O)O)c2ccc(C)c(C(=O)Nc3cnc(Nc4ccc(N5CCN(C)CC5)cc4)nc3)c2)c(C)c1. The first-order chi connectivity index (χ1) is 20.6. The Bertz CT molecular complexity index is 1610. The Morgan fingerprint density at radius 1 is 0.814 bits per heavy atom. The maximum Gasteiger partial charge on any atom is 0.416 e. The Morgan fingerprint density at radius 2 is 1.44 bits per heavy atom. The molecule has 0 bridgehead atoms. The van der Waals surface area contributed by atoms with E-state index >= 15 is 0 Å². The molecule has 0 radical (unpaired) electrons. The lowest BCUT2D eigenvalue weighted by molar-refractivity contribution is 0.102. The van der Waals surface area contributed by atoms with Crippen LogP contribution in [-0.2, 0) is 0 Å². The molecule has 10 heteroatoms. The van der Waals surface area contributed by atoms with Crippen LogP contribution in [0.15, 0.2) is 67.0 Å². The first kappa shape index (κ1) is 29.5. The maximum atomic E-state index is 13.3. The van der Waals surface area contributed by atoms with Gasteiger partial charge in [-0.25, -0.2) is 19.7 Å². The van der Waals surface area contributed by atoms with E-state index in [1.54, 1.807) is 18.2 Å². The molecule has 0 spiro atoms. The molecule has 1 aliphatic heterocycles. The molecule has 0 saturated carbocycles. The van der Waals surface area contributed by atoms with E-state index in [9.17, 15) is 14.7 Å². The number of nitrogens with one attached hydrogen (secondary N) is 2. The third-order valence-electron chi connectivity index (χ3n) is 7.68. The van der Waals surface area contributed by atoms with E-state index in [1.165, 1.54) is 23.0 Å². The maximum absolute atomic E-state index is 13.3. The number of anilines is 6. The van der Waals surface area contributed by atoms with Crippen molar-refractivity contribution < 1.29 is 14.7 Å². The topological polar surface area (TPSA) is 114 Å². The fourth-order valence-corrected chi connectivity index (χ4v) is 5.46. The van der Waals surface area contributed by atoms with E-state index in [0.29, 0.717) is 34.1 Å². The largest absolute Gasteiger partial charge is 0.464 e. The zero-order chi connectivity index (χ0) is 30.7. The van der Waals surface area contributed by atoms with Crippen LogP contribution in [-0.4, -0.2) is 65.2 Å². The Kier molecular flexibility index (Phi) is 8.58. The number of hydrogen-bond acceptors (Lipinski definition) is 7. The minimum absolute atomic E-state index is 0.355. The van der Waals surface area contributed by atoms with E-state index in [1.807, 2.05) is 52.0 Å². The van der Waals surface area contributed by atoms with Gasteiger partial charge in [-0.05, 0) is 87.8 Å². The molecule has 0 unspecified atom stereocenters. The Labute approximate surface area is 252 Å². The average molecular weight is 580 g/mol. The van der Waals surface area contributed by atoms with Crippen LogP contribution in [0.25, 0.3) is 0 Å². The Hall–Kier alpha value is -4.96. The summed E-state index contributed by atoms with van der Waals surface area (Å²) < 4.78 is 0. The van der Waals surface area contributed by atoms with E-state index < -0.39 is 6.09 Å². The lowest BCUT2D eigenvalue weighted by Crippen LogP contribution is -2.44. The number of aromatic nitrogens is 2. The Balaban J connectivity index is 1.28. The van der Waals surface area contributed by atoms with Crippen LogP contribution < -0.4 is 20.4 Å². The average Bonchev–Trinajstić information content (AvgIpc) is 2.97. The summed E-state index contributed by atoms with van der Waals surface area (Å²) in [7, 11) is 2.14. The molecule has 222 valence electrons. The van der Waals surface area contributed by atoms with Gasteiger partial charge in [0.15, 0.2) is 0 Å². The second-order valence-electron chi connectivity index (χ2n) is 11.1. The number of carboxylic acid groups (broad SMARTS) is 1. The van der Waals surface area contributed by atoms with Gasteiger partial charge in [0.25, 0.3) is 5.91 Å². The molecule has 10 nitrogen and oxygen atoms in total. The molecular weight excluding hydrogens is 542 g/mol. The van der Waals surface area contributed by atoms with Gasteiger partial charge in [0, 0.05) is 43.1 Å². The number of rotatable bonds is 7. The van der Waals surface area contributed by atoms with Crippen molar-refractivity contribution in [1.82, 2.24) is 14.9 Å². The zero-order valence-electron chi connectivity index (χ0n) is 25.2. The predicted molar refractivity (Wildman–Crippen MR) is 171 cm³/mol. The summed E-state index contributed by atoms with van der Waals surface area (Å²) >= 11 is 0. The van der Waals surface area contributed by atoms with Gasteiger partial charge in [-0.1, -0.05) is 23.8 Å². The van der Waals surface area contributed by atoms with Crippen LogP contribution in [0.1, 0.15) is 32.6 Å². The van der Waals surface area contributed by atoms with Gasteiger partial charge >= 0.3 is 6.09 Å². The van der Waals surface area contributed by atoms with Gasteiger partial charge in [-0.15, -0.1) is 0 Å². The highest BCUT2D eigenvalue weighted by Crippen LogP contribution is 2.34.